The van der Waals surface area contributed by atoms with Gasteiger partial charge in [-0.15, -0.1) is 0 Å². The molecule has 3 rings (SSSR count). The van der Waals surface area contributed by atoms with Gasteiger partial charge in [0, 0.05) is 29.5 Å². The molecule has 0 aliphatic rings. The monoisotopic (exact) mass is 406 g/mol. The average molecular weight is 406 g/mol. The van der Waals surface area contributed by atoms with Crippen LogP contribution in [0.5, 0.6) is 5.75 Å². The molecule has 0 unspecified atom stereocenters. The average Bonchev–Trinajstić information content (AvgIpc) is 2.76. The molecule has 0 saturated carbocycles. The standard InChI is InChI=1S/C22H22N4O4/c1-3-14-26-20(27)13-12-19(25-26)22(29)24-16-6-4-15(5-7-16)21(28)23-17-8-10-18(30-2)11-9-17/h4-13H,3,14H2,1-2H3,(H,23,28)(H,24,29). The van der Waals surface area contributed by atoms with Gasteiger partial charge in [-0.05, 0) is 61.0 Å². The van der Waals surface area contributed by atoms with Gasteiger partial charge >= 0.3 is 0 Å². The lowest BCUT2D eigenvalue weighted by atomic mass is 10.2. The summed E-state index contributed by atoms with van der Waals surface area (Å²) in [6.45, 7) is 2.37. The van der Waals surface area contributed by atoms with Gasteiger partial charge in [-0.2, -0.15) is 5.10 Å². The Labute approximate surface area is 173 Å². The van der Waals surface area contributed by atoms with Gasteiger partial charge in [0.25, 0.3) is 17.4 Å². The zero-order valence-corrected chi connectivity index (χ0v) is 16.7. The van der Waals surface area contributed by atoms with E-state index < -0.39 is 5.91 Å². The second-order valence-corrected chi connectivity index (χ2v) is 6.49. The molecule has 154 valence electrons. The lowest BCUT2D eigenvalue weighted by Gasteiger charge is -2.09. The topological polar surface area (TPSA) is 102 Å². The van der Waals surface area contributed by atoms with Crippen LogP contribution in [0.3, 0.4) is 0 Å². The number of benzene rings is 2. The van der Waals surface area contributed by atoms with Crippen LogP contribution >= 0.6 is 0 Å². The first-order valence-corrected chi connectivity index (χ1v) is 9.45. The number of amides is 2. The summed E-state index contributed by atoms with van der Waals surface area (Å²) in [7, 11) is 1.58. The van der Waals surface area contributed by atoms with E-state index in [1.54, 1.807) is 55.6 Å². The molecule has 2 aromatic carbocycles. The number of ether oxygens (including phenoxy) is 1. The van der Waals surface area contributed by atoms with Crippen LogP contribution in [0, 0.1) is 0 Å². The van der Waals surface area contributed by atoms with Crippen molar-refractivity contribution in [1.82, 2.24) is 9.78 Å². The predicted molar refractivity (Wildman–Crippen MR) is 114 cm³/mol. The van der Waals surface area contributed by atoms with Crippen molar-refractivity contribution in [3.05, 3.63) is 82.3 Å². The Hall–Kier alpha value is -3.94. The fraction of sp³-hybridized carbons (Fsp3) is 0.182. The highest BCUT2D eigenvalue weighted by molar-refractivity contribution is 6.05. The molecule has 1 heterocycles. The Bertz CT molecular complexity index is 1090. The predicted octanol–water partition coefficient (Wildman–Crippen LogP) is 3.17. The van der Waals surface area contributed by atoms with Gasteiger partial charge in [0.2, 0.25) is 0 Å². The number of methoxy groups -OCH3 is 1. The van der Waals surface area contributed by atoms with E-state index >= 15 is 0 Å². The molecule has 0 radical (unpaired) electrons. The Morgan fingerprint density at radius 1 is 0.900 bits per heavy atom. The van der Waals surface area contributed by atoms with Gasteiger partial charge in [0.15, 0.2) is 0 Å². The van der Waals surface area contributed by atoms with Gasteiger partial charge in [0.05, 0.1) is 7.11 Å². The van der Waals surface area contributed by atoms with E-state index in [0.29, 0.717) is 29.2 Å². The van der Waals surface area contributed by atoms with Crippen molar-refractivity contribution in [2.45, 2.75) is 19.9 Å². The third-order valence-corrected chi connectivity index (χ3v) is 4.29. The number of hydrogen-bond donors (Lipinski definition) is 2. The summed E-state index contributed by atoms with van der Waals surface area (Å²) in [5.74, 6) is -0.00525. The SMILES string of the molecule is CCCn1nc(C(=O)Nc2ccc(C(=O)Nc3ccc(OC)cc3)cc2)ccc1=O. The summed E-state index contributed by atoms with van der Waals surface area (Å²) in [5, 5.41) is 9.59. The Balaban J connectivity index is 1.65. The van der Waals surface area contributed by atoms with Crippen LogP contribution in [0.15, 0.2) is 65.5 Å². The van der Waals surface area contributed by atoms with Crippen LogP contribution in [0.1, 0.15) is 34.2 Å². The van der Waals surface area contributed by atoms with E-state index in [0.717, 1.165) is 6.42 Å². The van der Waals surface area contributed by atoms with Crippen LogP contribution in [0.4, 0.5) is 11.4 Å². The van der Waals surface area contributed by atoms with Crippen molar-refractivity contribution in [1.29, 1.82) is 0 Å². The maximum Gasteiger partial charge on any atom is 0.276 e. The number of hydrogen-bond acceptors (Lipinski definition) is 5. The maximum atomic E-state index is 12.4. The first kappa shape index (κ1) is 20.8. The summed E-state index contributed by atoms with van der Waals surface area (Å²) in [6.07, 6.45) is 0.734. The summed E-state index contributed by atoms with van der Waals surface area (Å²) < 4.78 is 6.36. The minimum atomic E-state index is -0.435. The highest BCUT2D eigenvalue weighted by Crippen LogP contribution is 2.17. The molecule has 30 heavy (non-hydrogen) atoms. The molecule has 8 nitrogen and oxygen atoms in total. The van der Waals surface area contributed by atoms with E-state index in [1.165, 1.54) is 16.8 Å². The molecule has 0 bridgehead atoms. The van der Waals surface area contributed by atoms with E-state index in [2.05, 4.69) is 15.7 Å². The lowest BCUT2D eigenvalue weighted by molar-refractivity contribution is 0.101. The molecule has 1 aromatic heterocycles. The van der Waals surface area contributed by atoms with Crippen LogP contribution < -0.4 is 20.9 Å². The molecule has 0 aliphatic carbocycles. The normalized spacial score (nSPS) is 10.3. The molecule has 0 aliphatic heterocycles. The fourth-order valence-electron chi connectivity index (χ4n) is 2.72. The molecule has 0 spiro atoms. The first-order chi connectivity index (χ1) is 14.5. The Kier molecular flexibility index (Phi) is 6.59. The summed E-state index contributed by atoms with van der Waals surface area (Å²) in [6, 6.07) is 16.2. The highest BCUT2D eigenvalue weighted by Gasteiger charge is 2.11. The number of nitrogens with one attached hydrogen (secondary N) is 2. The van der Waals surface area contributed by atoms with Crippen molar-refractivity contribution >= 4 is 23.2 Å². The van der Waals surface area contributed by atoms with Crippen molar-refractivity contribution in [2.24, 2.45) is 0 Å². The smallest absolute Gasteiger partial charge is 0.276 e. The minimum Gasteiger partial charge on any atom is -0.497 e. The fourth-order valence-corrected chi connectivity index (χ4v) is 2.72. The van der Waals surface area contributed by atoms with Gasteiger partial charge in [0.1, 0.15) is 11.4 Å². The zero-order valence-electron chi connectivity index (χ0n) is 16.7. The van der Waals surface area contributed by atoms with E-state index in [9.17, 15) is 14.4 Å². The molecule has 2 amide bonds. The first-order valence-electron chi connectivity index (χ1n) is 9.45. The Morgan fingerprint density at radius 3 is 2.10 bits per heavy atom. The molecule has 3 aromatic rings. The van der Waals surface area contributed by atoms with Crippen LogP contribution in [-0.4, -0.2) is 28.7 Å². The number of carbonyl (C=O) groups excluding carboxylic acids is 2. The van der Waals surface area contributed by atoms with E-state index in [1.807, 2.05) is 6.92 Å². The summed E-state index contributed by atoms with van der Waals surface area (Å²) in [4.78, 5) is 36.5. The van der Waals surface area contributed by atoms with Gasteiger partial charge in [-0.25, -0.2) is 4.68 Å². The highest BCUT2D eigenvalue weighted by atomic mass is 16.5. The number of carbonyl (C=O) groups is 2. The molecule has 2 N–H and O–H groups in total. The van der Waals surface area contributed by atoms with Gasteiger partial charge < -0.3 is 15.4 Å². The lowest BCUT2D eigenvalue weighted by Crippen LogP contribution is -2.26. The van der Waals surface area contributed by atoms with Crippen LogP contribution in [0.25, 0.3) is 0 Å². The number of anilines is 2. The molecular formula is C22H22N4O4. The maximum absolute atomic E-state index is 12.4. The van der Waals surface area contributed by atoms with Crippen molar-refractivity contribution in [3.63, 3.8) is 0 Å². The van der Waals surface area contributed by atoms with Crippen molar-refractivity contribution in [3.8, 4) is 5.75 Å². The van der Waals surface area contributed by atoms with E-state index in [4.69, 9.17) is 4.74 Å². The van der Waals surface area contributed by atoms with E-state index in [-0.39, 0.29) is 17.2 Å². The number of aromatic nitrogens is 2. The van der Waals surface area contributed by atoms with Crippen LogP contribution in [-0.2, 0) is 6.54 Å². The third kappa shape index (κ3) is 5.11. The Morgan fingerprint density at radius 2 is 1.50 bits per heavy atom. The van der Waals surface area contributed by atoms with Gasteiger partial charge in [-0.1, -0.05) is 6.92 Å². The minimum absolute atomic E-state index is 0.143. The summed E-state index contributed by atoms with van der Waals surface area (Å²) in [5.41, 5.74) is 1.49. The second-order valence-electron chi connectivity index (χ2n) is 6.49. The van der Waals surface area contributed by atoms with Crippen molar-refractivity contribution in [2.75, 3.05) is 17.7 Å². The molecule has 0 saturated heterocycles. The molecule has 0 atom stereocenters. The van der Waals surface area contributed by atoms with Gasteiger partial charge in [-0.3, -0.25) is 14.4 Å². The van der Waals surface area contributed by atoms with Crippen LogP contribution in [0.2, 0.25) is 0 Å². The third-order valence-electron chi connectivity index (χ3n) is 4.29. The number of aryl methyl sites for hydroxylation is 1. The number of nitrogens with zero attached hydrogens (tertiary/aromatic N) is 2. The molecular weight excluding hydrogens is 384 g/mol. The second kappa shape index (κ2) is 9.51. The molecule has 0 fully saturated rings. The number of rotatable bonds is 7. The van der Waals surface area contributed by atoms with Crippen molar-refractivity contribution < 1.29 is 14.3 Å². The zero-order chi connectivity index (χ0) is 21.5. The quantitative estimate of drug-likeness (QED) is 0.627. The largest absolute Gasteiger partial charge is 0.497 e. The summed E-state index contributed by atoms with van der Waals surface area (Å²) >= 11 is 0. The molecule has 8 heteroatoms.